The molecule has 0 heterocycles. The molecule has 0 unspecified atom stereocenters. The summed E-state index contributed by atoms with van der Waals surface area (Å²) in [4.78, 5) is 10.4. The molecule has 2 fully saturated rings. The van der Waals surface area contributed by atoms with Crippen LogP contribution in [0.3, 0.4) is 0 Å². The van der Waals surface area contributed by atoms with Crippen molar-refractivity contribution in [1.82, 2.24) is 0 Å². The van der Waals surface area contributed by atoms with Gasteiger partial charge in [-0.2, -0.15) is 0 Å². The van der Waals surface area contributed by atoms with E-state index in [1.807, 2.05) is 12.1 Å². The van der Waals surface area contributed by atoms with Gasteiger partial charge in [0, 0.05) is 11.1 Å². The van der Waals surface area contributed by atoms with Crippen molar-refractivity contribution in [3.63, 3.8) is 0 Å². The maximum Gasteiger partial charge on any atom is 0.0908 e. The molecule has 2 aliphatic carbocycles. The SMILES string of the molecule is OC1CCC(N=C(C(=NC2CCC(O)CC2)c2ccccc2)c2ccccc2)CC1. The molecule has 2 aromatic carbocycles. The molecule has 2 aromatic rings. The van der Waals surface area contributed by atoms with Crippen LogP contribution in [0.5, 0.6) is 0 Å². The van der Waals surface area contributed by atoms with Crippen LogP contribution in [0.15, 0.2) is 70.6 Å². The lowest BCUT2D eigenvalue weighted by molar-refractivity contribution is 0.123. The quantitative estimate of drug-likeness (QED) is 0.717. The fourth-order valence-corrected chi connectivity index (χ4v) is 4.48. The highest BCUT2D eigenvalue weighted by atomic mass is 16.3. The summed E-state index contributed by atoms with van der Waals surface area (Å²) in [6, 6.07) is 21.1. The number of hydrogen-bond donors (Lipinski definition) is 2. The molecule has 4 rings (SSSR count). The van der Waals surface area contributed by atoms with E-state index in [9.17, 15) is 10.2 Å². The summed E-state index contributed by atoms with van der Waals surface area (Å²) in [7, 11) is 0. The number of rotatable bonds is 5. The highest BCUT2D eigenvalue weighted by Gasteiger charge is 2.24. The average Bonchev–Trinajstić information content (AvgIpc) is 2.80. The summed E-state index contributed by atoms with van der Waals surface area (Å²) in [6.45, 7) is 0. The van der Waals surface area contributed by atoms with E-state index in [0.29, 0.717) is 0 Å². The van der Waals surface area contributed by atoms with E-state index in [2.05, 4.69) is 48.5 Å². The lowest BCUT2D eigenvalue weighted by atomic mass is 9.91. The Hall–Kier alpha value is -2.30. The standard InChI is InChI=1S/C26H32N2O2/c29-23-15-11-21(12-16-23)27-25(19-7-3-1-4-8-19)26(20-9-5-2-6-10-20)28-22-13-17-24(30)18-14-22/h1-10,21-24,29-30H,11-18H2. The summed E-state index contributed by atoms with van der Waals surface area (Å²) in [5, 5.41) is 19.8. The highest BCUT2D eigenvalue weighted by Crippen LogP contribution is 2.25. The summed E-state index contributed by atoms with van der Waals surface area (Å²) in [5.41, 5.74) is 4.08. The minimum Gasteiger partial charge on any atom is -0.393 e. The molecule has 0 amide bonds. The molecule has 30 heavy (non-hydrogen) atoms. The number of hydrogen-bond acceptors (Lipinski definition) is 4. The second kappa shape index (κ2) is 10.1. The number of benzene rings is 2. The van der Waals surface area contributed by atoms with Gasteiger partial charge in [0.1, 0.15) is 0 Å². The molecule has 0 aromatic heterocycles. The molecule has 0 saturated heterocycles. The predicted molar refractivity (Wildman–Crippen MR) is 122 cm³/mol. The molecular weight excluding hydrogens is 372 g/mol. The first-order valence-electron chi connectivity index (χ1n) is 11.3. The van der Waals surface area contributed by atoms with Crippen LogP contribution in [0.25, 0.3) is 0 Å². The Bertz CT molecular complexity index is 774. The number of aliphatic hydroxyl groups is 2. The fourth-order valence-electron chi connectivity index (χ4n) is 4.48. The maximum atomic E-state index is 9.91. The molecule has 4 nitrogen and oxygen atoms in total. The van der Waals surface area contributed by atoms with E-state index in [1.54, 1.807) is 0 Å². The zero-order valence-electron chi connectivity index (χ0n) is 17.5. The smallest absolute Gasteiger partial charge is 0.0908 e. The van der Waals surface area contributed by atoms with Crippen molar-refractivity contribution in [2.45, 2.75) is 75.7 Å². The van der Waals surface area contributed by atoms with Gasteiger partial charge in [-0.3, -0.25) is 9.98 Å². The van der Waals surface area contributed by atoms with Gasteiger partial charge in [0.15, 0.2) is 0 Å². The molecular formula is C26H32N2O2. The summed E-state index contributed by atoms with van der Waals surface area (Å²) >= 11 is 0. The van der Waals surface area contributed by atoms with Gasteiger partial charge >= 0.3 is 0 Å². The van der Waals surface area contributed by atoms with E-state index >= 15 is 0 Å². The van der Waals surface area contributed by atoms with Crippen LogP contribution < -0.4 is 0 Å². The monoisotopic (exact) mass is 404 g/mol. The lowest BCUT2D eigenvalue weighted by Crippen LogP contribution is -2.27. The van der Waals surface area contributed by atoms with E-state index in [-0.39, 0.29) is 24.3 Å². The van der Waals surface area contributed by atoms with Crippen molar-refractivity contribution in [1.29, 1.82) is 0 Å². The number of aliphatic hydroxyl groups excluding tert-OH is 2. The van der Waals surface area contributed by atoms with E-state index in [1.165, 1.54) is 0 Å². The normalized spacial score (nSPS) is 28.3. The van der Waals surface area contributed by atoms with Crippen LogP contribution in [0, 0.1) is 0 Å². The zero-order chi connectivity index (χ0) is 20.8. The second-order valence-corrected chi connectivity index (χ2v) is 8.61. The van der Waals surface area contributed by atoms with Crippen molar-refractivity contribution < 1.29 is 10.2 Å². The Morgan fingerprint density at radius 2 is 0.867 bits per heavy atom. The third-order valence-corrected chi connectivity index (χ3v) is 6.27. The van der Waals surface area contributed by atoms with E-state index < -0.39 is 0 Å². The molecule has 2 saturated carbocycles. The van der Waals surface area contributed by atoms with Gasteiger partial charge in [-0.1, -0.05) is 60.7 Å². The van der Waals surface area contributed by atoms with E-state index in [4.69, 9.17) is 9.98 Å². The predicted octanol–water partition coefficient (Wildman–Crippen LogP) is 4.57. The van der Waals surface area contributed by atoms with Gasteiger partial charge in [-0.25, -0.2) is 0 Å². The van der Waals surface area contributed by atoms with Gasteiger partial charge < -0.3 is 10.2 Å². The topological polar surface area (TPSA) is 65.2 Å². The second-order valence-electron chi connectivity index (χ2n) is 8.61. The molecule has 2 N–H and O–H groups in total. The van der Waals surface area contributed by atoms with Crippen molar-refractivity contribution in [3.8, 4) is 0 Å². The molecule has 4 heteroatoms. The molecule has 158 valence electrons. The van der Waals surface area contributed by atoms with Crippen molar-refractivity contribution in [2.75, 3.05) is 0 Å². The Morgan fingerprint density at radius 1 is 0.533 bits per heavy atom. The Kier molecular flexibility index (Phi) is 7.08. The summed E-state index contributed by atoms with van der Waals surface area (Å²) in [6.07, 6.45) is 6.53. The molecule has 0 bridgehead atoms. The van der Waals surface area contributed by atoms with Crippen molar-refractivity contribution >= 4 is 11.4 Å². The molecule has 0 spiro atoms. The Balaban J connectivity index is 1.75. The first-order valence-corrected chi connectivity index (χ1v) is 11.3. The number of aliphatic imine (C=N–C) groups is 2. The van der Waals surface area contributed by atoms with Crippen LogP contribution in [-0.2, 0) is 0 Å². The van der Waals surface area contributed by atoms with E-state index in [0.717, 1.165) is 73.9 Å². The number of nitrogens with zero attached hydrogens (tertiary/aromatic N) is 2. The Labute approximate surface area is 179 Å². The maximum absolute atomic E-state index is 9.91. The third kappa shape index (κ3) is 5.44. The van der Waals surface area contributed by atoms with Gasteiger partial charge in [0.25, 0.3) is 0 Å². The average molecular weight is 405 g/mol. The molecule has 0 radical (unpaired) electrons. The van der Waals surface area contributed by atoms with Crippen LogP contribution in [0.2, 0.25) is 0 Å². The minimum atomic E-state index is -0.187. The van der Waals surface area contributed by atoms with Crippen LogP contribution >= 0.6 is 0 Å². The largest absolute Gasteiger partial charge is 0.393 e. The zero-order valence-corrected chi connectivity index (χ0v) is 17.5. The first-order chi connectivity index (χ1) is 14.7. The highest BCUT2D eigenvalue weighted by molar-refractivity contribution is 6.53. The van der Waals surface area contributed by atoms with Crippen molar-refractivity contribution in [2.24, 2.45) is 9.98 Å². The van der Waals surface area contributed by atoms with Crippen molar-refractivity contribution in [3.05, 3.63) is 71.8 Å². The summed E-state index contributed by atoms with van der Waals surface area (Å²) in [5.74, 6) is 0. The van der Waals surface area contributed by atoms with Crippen LogP contribution in [0.4, 0.5) is 0 Å². The minimum absolute atomic E-state index is 0.187. The fraction of sp³-hybridized carbons (Fsp3) is 0.462. The van der Waals surface area contributed by atoms with Gasteiger partial charge in [0.05, 0.1) is 35.7 Å². The van der Waals surface area contributed by atoms with Gasteiger partial charge in [-0.15, -0.1) is 0 Å². The van der Waals surface area contributed by atoms with Crippen LogP contribution in [0.1, 0.15) is 62.5 Å². The van der Waals surface area contributed by atoms with Gasteiger partial charge in [-0.05, 0) is 51.4 Å². The molecule has 0 atom stereocenters. The lowest BCUT2D eigenvalue weighted by Gasteiger charge is -2.26. The Morgan fingerprint density at radius 3 is 1.20 bits per heavy atom. The third-order valence-electron chi connectivity index (χ3n) is 6.27. The summed E-state index contributed by atoms with van der Waals surface area (Å²) < 4.78 is 0. The van der Waals surface area contributed by atoms with Gasteiger partial charge in [0.2, 0.25) is 0 Å². The van der Waals surface area contributed by atoms with Crippen LogP contribution in [-0.4, -0.2) is 45.9 Å². The molecule has 2 aliphatic rings. The first kappa shape index (κ1) is 21.0. The molecule has 0 aliphatic heterocycles.